The maximum absolute atomic E-state index is 6.16. The van der Waals surface area contributed by atoms with Crippen LogP contribution in [0.1, 0.15) is 164 Å². The molecule has 2 nitrogen and oxygen atoms in total. The lowest BCUT2D eigenvalue weighted by molar-refractivity contribution is 0.449. The van der Waals surface area contributed by atoms with E-state index in [1.54, 1.807) is 0 Å². The lowest BCUT2D eigenvalue weighted by Gasteiger charge is -2.26. The van der Waals surface area contributed by atoms with Crippen molar-refractivity contribution in [1.29, 1.82) is 0 Å². The van der Waals surface area contributed by atoms with E-state index >= 15 is 0 Å². The lowest BCUT2D eigenvalue weighted by atomic mass is 9.81. The average Bonchev–Trinajstić information content (AvgIpc) is 3.14. The smallest absolute Gasteiger partial charge is 0.141 e. The van der Waals surface area contributed by atoms with Crippen LogP contribution in [0.4, 0.5) is 0 Å². The predicted molar refractivity (Wildman–Crippen MR) is 268 cm³/mol. The highest BCUT2D eigenvalue weighted by atomic mass is 32.2. The summed E-state index contributed by atoms with van der Waals surface area (Å²) in [5.41, 5.74) is 12.9. The van der Waals surface area contributed by atoms with E-state index in [9.17, 15) is 0 Å². The van der Waals surface area contributed by atoms with Crippen molar-refractivity contribution in [2.24, 2.45) is 0 Å². The number of fused-ring (bicyclic) bond motifs is 3. The number of hydrogen-bond acceptors (Lipinski definition) is 3. The van der Waals surface area contributed by atoms with Crippen molar-refractivity contribution in [2.45, 2.75) is 174 Å². The van der Waals surface area contributed by atoms with Gasteiger partial charge in [-0.2, -0.15) is 0 Å². The van der Waals surface area contributed by atoms with Gasteiger partial charge in [0.25, 0.3) is 0 Å². The summed E-state index contributed by atoms with van der Waals surface area (Å²) in [5.74, 6) is 1.95. The number of aromatic nitrogens is 1. The van der Waals surface area contributed by atoms with Crippen LogP contribution in [0.25, 0.3) is 21.9 Å². The summed E-state index contributed by atoms with van der Waals surface area (Å²) in [4.78, 5) is 6.92. The summed E-state index contributed by atoms with van der Waals surface area (Å²) in [6, 6.07) is 37.9. The topological polar surface area (TPSA) is 22.1 Å². The molecule has 0 N–H and O–H groups in total. The van der Waals surface area contributed by atoms with E-state index < -0.39 is 0 Å². The van der Waals surface area contributed by atoms with Gasteiger partial charge in [-0.15, -0.1) is 0 Å². The van der Waals surface area contributed by atoms with Gasteiger partial charge in [0.1, 0.15) is 11.5 Å². The third-order valence-electron chi connectivity index (χ3n) is 11.6. The van der Waals surface area contributed by atoms with Crippen molar-refractivity contribution in [1.82, 2.24) is 4.98 Å². The Balaban J connectivity index is 0.000000178. The van der Waals surface area contributed by atoms with Crippen LogP contribution in [0.15, 0.2) is 119 Å². The lowest BCUT2D eigenvalue weighted by Crippen LogP contribution is -2.18. The largest absolute Gasteiger partial charge is 0.455 e. The molecule has 0 amide bonds. The first kappa shape index (κ1) is 47.7. The Bertz CT molecular complexity index is 2400. The van der Waals surface area contributed by atoms with Crippen molar-refractivity contribution >= 4 is 22.5 Å². The zero-order valence-electron chi connectivity index (χ0n) is 41.2. The minimum Gasteiger partial charge on any atom is -0.455 e. The van der Waals surface area contributed by atoms with Crippen LogP contribution in [0.5, 0.6) is 11.5 Å². The first-order valence-corrected chi connectivity index (χ1v) is 23.0. The number of hydrogen-bond donors (Lipinski definition) is 0. The molecule has 1 aliphatic rings. The minimum absolute atomic E-state index is 0.138. The normalized spacial score (nSPS) is 13.2. The second-order valence-electron chi connectivity index (χ2n) is 23.2. The third kappa shape index (κ3) is 12.0. The molecule has 0 saturated carbocycles. The van der Waals surface area contributed by atoms with Crippen molar-refractivity contribution in [3.63, 3.8) is 0 Å². The molecule has 0 fully saturated rings. The standard InChI is InChI=1S/C24H28.C20H24OS.C14H23N/c1-23(2,3)19-13-11-17(12-14-19)22-16-20(24(4,5)6)15-18-9-7-8-10-21(18)22;1-19(2,3)13-8-10-17-16(11-13)21-15-9-7-14(20(4,5)6)12-18(15)22-17;1-10-12(14(5,6)7)8-11(9-15-10)13(2,3)4/h7-16H,1-6H3;7-12H,1-6H3;8-9H,1-7H3. The molecule has 61 heavy (non-hydrogen) atoms. The first-order chi connectivity index (χ1) is 27.9. The molecule has 1 aliphatic heterocycles. The Labute approximate surface area is 375 Å². The van der Waals surface area contributed by atoms with E-state index in [1.807, 2.05) is 18.0 Å². The SMILES string of the molecule is CC(C)(C)c1ccc(-c2cc(C(C)(C)C)cc3ccccc23)cc1.CC(C)(C)c1ccc2c(c1)Oc1ccc(C(C)(C)C)cc1S2.Cc1ncc(C(C)(C)C)cc1C(C)(C)C. The Morgan fingerprint density at radius 3 is 1.51 bits per heavy atom. The van der Waals surface area contributed by atoms with E-state index in [1.165, 1.54) is 65.1 Å². The Morgan fingerprint density at radius 1 is 0.426 bits per heavy atom. The van der Waals surface area contributed by atoms with Crippen LogP contribution in [-0.2, 0) is 32.5 Å². The molecule has 0 bridgehead atoms. The fourth-order valence-electron chi connectivity index (χ4n) is 7.35. The summed E-state index contributed by atoms with van der Waals surface area (Å²) < 4.78 is 6.16. The highest BCUT2D eigenvalue weighted by molar-refractivity contribution is 7.99. The van der Waals surface area contributed by atoms with Gasteiger partial charge in [-0.1, -0.05) is 209 Å². The first-order valence-electron chi connectivity index (χ1n) is 22.2. The molecule has 0 spiro atoms. The van der Waals surface area contributed by atoms with Gasteiger partial charge in [-0.05, 0) is 125 Å². The van der Waals surface area contributed by atoms with E-state index in [2.05, 4.69) is 240 Å². The molecular weight excluding hydrogens is 759 g/mol. The van der Waals surface area contributed by atoms with Crippen molar-refractivity contribution in [3.8, 4) is 22.6 Å². The third-order valence-corrected chi connectivity index (χ3v) is 12.7. The van der Waals surface area contributed by atoms with E-state index in [0.29, 0.717) is 0 Å². The van der Waals surface area contributed by atoms with Gasteiger partial charge in [0.05, 0.1) is 9.79 Å². The average molecular weight is 834 g/mol. The molecule has 0 atom stereocenters. The van der Waals surface area contributed by atoms with Gasteiger partial charge in [0, 0.05) is 11.9 Å². The highest BCUT2D eigenvalue weighted by Gasteiger charge is 2.25. The Hall–Kier alpha value is -4.34. The second-order valence-corrected chi connectivity index (χ2v) is 24.3. The van der Waals surface area contributed by atoms with Crippen LogP contribution >= 0.6 is 11.8 Å². The second kappa shape index (κ2) is 17.4. The van der Waals surface area contributed by atoms with Crippen molar-refractivity contribution in [2.75, 3.05) is 0 Å². The molecule has 2 heterocycles. The zero-order valence-corrected chi connectivity index (χ0v) is 42.0. The Kier molecular flexibility index (Phi) is 13.6. The summed E-state index contributed by atoms with van der Waals surface area (Å²) in [7, 11) is 0. The number of pyridine rings is 1. The molecule has 5 aromatic carbocycles. The van der Waals surface area contributed by atoms with E-state index in [0.717, 1.165) is 17.2 Å². The number of rotatable bonds is 1. The molecule has 0 unspecified atom stereocenters. The maximum Gasteiger partial charge on any atom is 0.141 e. The molecule has 0 aliphatic carbocycles. The predicted octanol–water partition coefficient (Wildman–Crippen LogP) is 17.6. The van der Waals surface area contributed by atoms with Gasteiger partial charge in [-0.3, -0.25) is 4.98 Å². The van der Waals surface area contributed by atoms with Crippen LogP contribution in [0.2, 0.25) is 0 Å². The van der Waals surface area contributed by atoms with Crippen LogP contribution in [0.3, 0.4) is 0 Å². The summed E-state index contributed by atoms with van der Waals surface area (Å²) in [6.07, 6.45) is 2.00. The zero-order chi connectivity index (χ0) is 45.5. The Morgan fingerprint density at radius 2 is 0.951 bits per heavy atom. The van der Waals surface area contributed by atoms with Crippen LogP contribution in [0, 0.1) is 6.92 Å². The van der Waals surface area contributed by atoms with Gasteiger partial charge in [0.2, 0.25) is 0 Å². The molecule has 1 aromatic heterocycles. The number of benzene rings is 5. The fourth-order valence-corrected chi connectivity index (χ4v) is 8.32. The molecule has 7 rings (SSSR count). The van der Waals surface area contributed by atoms with Crippen molar-refractivity contribution in [3.05, 3.63) is 148 Å². The number of aryl methyl sites for hydroxylation is 1. The molecule has 324 valence electrons. The highest BCUT2D eigenvalue weighted by Crippen LogP contribution is 2.49. The van der Waals surface area contributed by atoms with Gasteiger partial charge in [-0.25, -0.2) is 0 Å². The molecule has 3 heteroatoms. The molecule has 0 saturated heterocycles. The monoisotopic (exact) mass is 834 g/mol. The quantitative estimate of drug-likeness (QED) is 0.164. The van der Waals surface area contributed by atoms with E-state index in [-0.39, 0.29) is 32.5 Å². The van der Waals surface area contributed by atoms with Gasteiger partial charge < -0.3 is 4.74 Å². The molecular formula is C58H75NOS. The maximum atomic E-state index is 6.16. The summed E-state index contributed by atoms with van der Waals surface area (Å²) in [6.45, 7) is 42.5. The number of nitrogens with zero attached hydrogens (tertiary/aromatic N) is 1. The minimum atomic E-state index is 0.138. The fraction of sp³-hybridized carbons (Fsp3) is 0.431. The molecule has 6 aromatic rings. The summed E-state index contributed by atoms with van der Waals surface area (Å²) in [5, 5.41) is 2.65. The number of ether oxygens (including phenoxy) is 1. The molecule has 0 radical (unpaired) electrons. The van der Waals surface area contributed by atoms with Crippen molar-refractivity contribution < 1.29 is 4.74 Å². The van der Waals surface area contributed by atoms with E-state index in [4.69, 9.17) is 4.74 Å². The van der Waals surface area contributed by atoms with Crippen LogP contribution < -0.4 is 4.74 Å². The van der Waals surface area contributed by atoms with Gasteiger partial charge in [0.15, 0.2) is 0 Å². The summed E-state index contributed by atoms with van der Waals surface area (Å²) >= 11 is 1.81. The van der Waals surface area contributed by atoms with Crippen LogP contribution in [-0.4, -0.2) is 4.98 Å². The van der Waals surface area contributed by atoms with Gasteiger partial charge >= 0.3 is 0 Å².